The van der Waals surface area contributed by atoms with Gasteiger partial charge < -0.3 is 9.73 Å². The van der Waals surface area contributed by atoms with Gasteiger partial charge in [-0.15, -0.1) is 0 Å². The Morgan fingerprint density at radius 1 is 1.09 bits per heavy atom. The monoisotopic (exact) mass is 426 g/mol. The molecule has 2 aromatic carbocycles. The minimum atomic E-state index is -0.976. The van der Waals surface area contributed by atoms with Gasteiger partial charge in [-0.3, -0.25) is 14.2 Å². The number of carbonyl (C=O) groups excluding carboxylic acids is 1. The molecule has 160 valence electrons. The summed E-state index contributed by atoms with van der Waals surface area (Å²) in [6.45, 7) is 5.63. The minimum absolute atomic E-state index is 0.121. The number of para-hydroxylation sites is 2. The molecule has 0 bridgehead atoms. The molecule has 0 saturated heterocycles. The Hall–Kier alpha value is -4.18. The Morgan fingerprint density at radius 2 is 1.81 bits per heavy atom. The summed E-state index contributed by atoms with van der Waals surface area (Å²) >= 11 is 0. The Kier molecular flexibility index (Phi) is 5.37. The third kappa shape index (κ3) is 4.03. The molecule has 4 aromatic rings. The molecule has 4 rings (SSSR count). The number of furan rings is 1. The summed E-state index contributed by atoms with van der Waals surface area (Å²) < 4.78 is 6.90. The van der Waals surface area contributed by atoms with E-state index in [1.165, 1.54) is 10.8 Å². The first-order chi connectivity index (χ1) is 15.3. The molecular weight excluding hydrogens is 404 g/mol. The first-order valence-corrected chi connectivity index (χ1v) is 10.2. The van der Waals surface area contributed by atoms with Crippen molar-refractivity contribution in [3.63, 3.8) is 0 Å². The van der Waals surface area contributed by atoms with Gasteiger partial charge in [-0.05, 0) is 62.7 Å². The molecule has 0 fully saturated rings. The first kappa shape index (κ1) is 21.1. The molecule has 7 nitrogen and oxygen atoms in total. The Morgan fingerprint density at radius 3 is 2.44 bits per heavy atom. The van der Waals surface area contributed by atoms with Crippen LogP contribution in [0.4, 0.5) is 0 Å². The summed E-state index contributed by atoms with van der Waals surface area (Å²) in [6, 6.07) is 18.3. The fourth-order valence-electron chi connectivity index (χ4n) is 3.58. The zero-order chi connectivity index (χ0) is 22.9. The topological polar surface area (TPSA) is 101 Å². The summed E-state index contributed by atoms with van der Waals surface area (Å²) in [5.41, 5.74) is 1.28. The van der Waals surface area contributed by atoms with Gasteiger partial charge in [-0.25, -0.2) is 4.98 Å². The molecule has 0 aliphatic rings. The molecule has 0 aliphatic heterocycles. The molecule has 32 heavy (non-hydrogen) atoms. The smallest absolute Gasteiger partial charge is 0.281 e. The van der Waals surface area contributed by atoms with Crippen molar-refractivity contribution in [1.82, 2.24) is 14.9 Å². The largest absolute Gasteiger partial charge is 0.463 e. The molecular formula is C25H22N4O3. The number of amides is 1. The third-order valence-corrected chi connectivity index (χ3v) is 4.91. The van der Waals surface area contributed by atoms with Gasteiger partial charge in [0, 0.05) is 5.54 Å². The van der Waals surface area contributed by atoms with Crippen LogP contribution < -0.4 is 10.9 Å². The van der Waals surface area contributed by atoms with Gasteiger partial charge in [0.2, 0.25) is 5.91 Å². The third-order valence-electron chi connectivity index (χ3n) is 4.91. The summed E-state index contributed by atoms with van der Waals surface area (Å²) in [5, 5.41) is 12.2. The maximum Gasteiger partial charge on any atom is 0.281 e. The number of fused-ring (bicyclic) bond motifs is 1. The van der Waals surface area contributed by atoms with Crippen LogP contribution in [-0.4, -0.2) is 21.0 Å². The van der Waals surface area contributed by atoms with Crippen molar-refractivity contribution in [2.75, 3.05) is 0 Å². The summed E-state index contributed by atoms with van der Waals surface area (Å²) in [5.74, 6) is -0.0182. The Bertz CT molecular complexity index is 1370. The van der Waals surface area contributed by atoms with Gasteiger partial charge in [0.25, 0.3) is 5.56 Å². The molecule has 0 saturated carbocycles. The predicted octanol–water partition coefficient (Wildman–Crippen LogP) is 4.03. The molecule has 7 heteroatoms. The number of rotatable bonds is 4. The highest BCUT2D eigenvalue weighted by Gasteiger charge is 2.30. The number of nitrogens with zero attached hydrogens (tertiary/aromatic N) is 3. The number of hydrogen-bond donors (Lipinski definition) is 1. The molecule has 1 unspecified atom stereocenters. The van der Waals surface area contributed by atoms with Crippen molar-refractivity contribution in [2.24, 2.45) is 0 Å². The Balaban J connectivity index is 2.02. The lowest BCUT2D eigenvalue weighted by Gasteiger charge is -2.27. The van der Waals surface area contributed by atoms with Gasteiger partial charge in [0.05, 0.1) is 28.9 Å². The standard InChI is InChI=1S/C25H22N4O3/c1-25(2,3)28-23(30)22(17-12-10-16(15-26)11-13-17)29-19-8-5-4-7-18(19)27-21(24(29)31)20-9-6-14-32-20/h4-14,22H,1-3H3,(H,28,30). The fraction of sp³-hybridized carbons (Fsp3) is 0.200. The van der Waals surface area contributed by atoms with Crippen molar-refractivity contribution < 1.29 is 9.21 Å². The lowest BCUT2D eigenvalue weighted by molar-refractivity contribution is -0.124. The molecule has 1 atom stereocenters. The highest BCUT2D eigenvalue weighted by atomic mass is 16.3. The molecule has 0 aliphatic carbocycles. The van der Waals surface area contributed by atoms with Crippen LogP contribution in [0.1, 0.15) is 37.9 Å². The number of nitrogens with one attached hydrogen (secondary N) is 1. The van der Waals surface area contributed by atoms with E-state index in [2.05, 4.69) is 16.4 Å². The number of hydrogen-bond acceptors (Lipinski definition) is 5. The second-order valence-electron chi connectivity index (χ2n) is 8.48. The minimum Gasteiger partial charge on any atom is -0.463 e. The maximum atomic E-state index is 13.7. The van der Waals surface area contributed by atoms with Crippen LogP contribution in [0, 0.1) is 11.3 Å². The van der Waals surface area contributed by atoms with Gasteiger partial charge in [-0.2, -0.15) is 5.26 Å². The fourth-order valence-corrected chi connectivity index (χ4v) is 3.58. The zero-order valence-corrected chi connectivity index (χ0v) is 18.0. The second kappa shape index (κ2) is 8.16. The predicted molar refractivity (Wildman–Crippen MR) is 121 cm³/mol. The van der Waals surface area contributed by atoms with Crippen LogP contribution in [0.3, 0.4) is 0 Å². The van der Waals surface area contributed by atoms with Crippen LogP contribution in [0.15, 0.2) is 76.1 Å². The lowest BCUT2D eigenvalue weighted by Crippen LogP contribution is -2.46. The second-order valence-corrected chi connectivity index (χ2v) is 8.48. The van der Waals surface area contributed by atoms with E-state index >= 15 is 0 Å². The normalized spacial score (nSPS) is 12.3. The van der Waals surface area contributed by atoms with Crippen LogP contribution in [0.25, 0.3) is 22.5 Å². The SMILES string of the molecule is CC(C)(C)NC(=O)C(c1ccc(C#N)cc1)n1c(=O)c(-c2ccco2)nc2ccccc21. The van der Waals surface area contributed by atoms with E-state index in [1.807, 2.05) is 26.8 Å². The van der Waals surface area contributed by atoms with Crippen molar-refractivity contribution in [2.45, 2.75) is 32.4 Å². The Labute approximate surface area is 184 Å². The molecule has 0 radical (unpaired) electrons. The lowest BCUT2D eigenvalue weighted by atomic mass is 10.0. The highest BCUT2D eigenvalue weighted by molar-refractivity contribution is 5.87. The average Bonchev–Trinajstić information content (AvgIpc) is 3.29. The van der Waals surface area contributed by atoms with Crippen molar-refractivity contribution in [3.05, 3.63) is 88.4 Å². The number of benzene rings is 2. The van der Waals surface area contributed by atoms with Crippen LogP contribution in [-0.2, 0) is 4.79 Å². The van der Waals surface area contributed by atoms with E-state index in [4.69, 9.17) is 4.42 Å². The van der Waals surface area contributed by atoms with Crippen molar-refractivity contribution >= 4 is 16.9 Å². The van der Waals surface area contributed by atoms with Gasteiger partial charge in [0.15, 0.2) is 11.5 Å². The number of carbonyl (C=O) groups is 1. The van der Waals surface area contributed by atoms with Crippen LogP contribution in [0.5, 0.6) is 0 Å². The summed E-state index contributed by atoms with van der Waals surface area (Å²) in [4.78, 5) is 31.7. The summed E-state index contributed by atoms with van der Waals surface area (Å²) in [7, 11) is 0. The van der Waals surface area contributed by atoms with Crippen molar-refractivity contribution in [1.29, 1.82) is 5.26 Å². The van der Waals surface area contributed by atoms with Gasteiger partial charge >= 0.3 is 0 Å². The van der Waals surface area contributed by atoms with Crippen molar-refractivity contribution in [3.8, 4) is 17.5 Å². The number of nitriles is 1. The van der Waals surface area contributed by atoms with E-state index < -0.39 is 17.1 Å². The first-order valence-electron chi connectivity index (χ1n) is 10.2. The number of aromatic nitrogens is 2. The molecule has 2 heterocycles. The van der Waals surface area contributed by atoms with Gasteiger partial charge in [-0.1, -0.05) is 24.3 Å². The van der Waals surface area contributed by atoms with E-state index in [0.29, 0.717) is 27.9 Å². The van der Waals surface area contributed by atoms with Gasteiger partial charge in [0.1, 0.15) is 6.04 Å². The molecule has 1 N–H and O–H groups in total. The maximum absolute atomic E-state index is 13.7. The quantitative estimate of drug-likeness (QED) is 0.531. The highest BCUT2D eigenvalue weighted by Crippen LogP contribution is 2.26. The van der Waals surface area contributed by atoms with E-state index in [1.54, 1.807) is 54.6 Å². The van der Waals surface area contributed by atoms with E-state index in [0.717, 1.165) is 0 Å². The van der Waals surface area contributed by atoms with Crippen LogP contribution >= 0.6 is 0 Å². The van der Waals surface area contributed by atoms with Crippen LogP contribution in [0.2, 0.25) is 0 Å². The summed E-state index contributed by atoms with van der Waals surface area (Å²) in [6.07, 6.45) is 1.47. The molecule has 1 amide bonds. The molecule has 2 aromatic heterocycles. The average molecular weight is 426 g/mol. The van der Waals surface area contributed by atoms with E-state index in [-0.39, 0.29) is 11.6 Å². The zero-order valence-electron chi connectivity index (χ0n) is 18.0. The molecule has 0 spiro atoms. The van der Waals surface area contributed by atoms with E-state index in [9.17, 15) is 14.9 Å².